The van der Waals surface area contributed by atoms with Crippen molar-refractivity contribution in [2.24, 2.45) is 0 Å². The van der Waals surface area contributed by atoms with Gasteiger partial charge in [-0.25, -0.2) is 0 Å². The van der Waals surface area contributed by atoms with Crippen LogP contribution >= 0.6 is 11.3 Å². The smallest absolute Gasteiger partial charge is 0.257 e. The summed E-state index contributed by atoms with van der Waals surface area (Å²) in [6, 6.07) is 11.7. The van der Waals surface area contributed by atoms with Gasteiger partial charge in [0.2, 0.25) is 5.89 Å². The predicted molar refractivity (Wildman–Crippen MR) is 107 cm³/mol. The molecular weight excluding hydrogens is 376 g/mol. The summed E-state index contributed by atoms with van der Waals surface area (Å²) in [6.45, 7) is 1.71. The molecule has 0 fully saturated rings. The van der Waals surface area contributed by atoms with Crippen LogP contribution in [0.3, 0.4) is 0 Å². The van der Waals surface area contributed by atoms with Crippen molar-refractivity contribution in [3.63, 3.8) is 0 Å². The third-order valence-electron chi connectivity index (χ3n) is 4.43. The molecule has 28 heavy (non-hydrogen) atoms. The molecule has 1 aromatic carbocycles. The van der Waals surface area contributed by atoms with Gasteiger partial charge in [-0.1, -0.05) is 24.3 Å². The van der Waals surface area contributed by atoms with Crippen molar-refractivity contribution in [2.45, 2.75) is 6.54 Å². The van der Waals surface area contributed by atoms with Crippen molar-refractivity contribution in [1.29, 1.82) is 0 Å². The molecule has 0 saturated carbocycles. The average molecular weight is 396 g/mol. The summed E-state index contributed by atoms with van der Waals surface area (Å²) in [6.07, 6.45) is 1.77. The van der Waals surface area contributed by atoms with Crippen LogP contribution in [0.5, 0.6) is 0 Å². The van der Waals surface area contributed by atoms with Crippen molar-refractivity contribution in [3.8, 4) is 10.8 Å². The molecule has 7 nitrogen and oxygen atoms in total. The highest BCUT2D eigenvalue weighted by atomic mass is 32.1. The van der Waals surface area contributed by atoms with Gasteiger partial charge >= 0.3 is 0 Å². The Morgan fingerprint density at radius 3 is 2.96 bits per heavy atom. The zero-order valence-electron chi connectivity index (χ0n) is 15.4. The number of hydrogen-bond acceptors (Lipinski definition) is 7. The Morgan fingerprint density at radius 2 is 2.14 bits per heavy atom. The van der Waals surface area contributed by atoms with Crippen LogP contribution in [-0.4, -0.2) is 52.7 Å². The Hall–Kier alpha value is -2.81. The summed E-state index contributed by atoms with van der Waals surface area (Å²) < 4.78 is 11.0. The molecule has 0 aliphatic rings. The van der Waals surface area contributed by atoms with Crippen LogP contribution in [0.2, 0.25) is 0 Å². The van der Waals surface area contributed by atoms with Gasteiger partial charge in [0.15, 0.2) is 5.78 Å². The maximum Gasteiger partial charge on any atom is 0.257 e. The molecule has 0 unspecified atom stereocenters. The topological polar surface area (TPSA) is 84.2 Å². The fourth-order valence-electron chi connectivity index (χ4n) is 3.03. The first-order valence-electron chi connectivity index (χ1n) is 8.91. The standard InChI is InChI=1S/C20H20N4O3S/c1-26-9-8-24(13-19-22-23-20(27-19)18-7-4-10-28-18)12-17(25)15-11-21-16-6-3-2-5-14(15)16/h2-7,10-11,21H,8-9,12-13H2,1H3. The fraction of sp³-hybridized carbons (Fsp3) is 0.250. The van der Waals surface area contributed by atoms with E-state index in [1.165, 1.54) is 0 Å². The van der Waals surface area contributed by atoms with E-state index in [2.05, 4.69) is 15.2 Å². The maximum absolute atomic E-state index is 12.9. The van der Waals surface area contributed by atoms with Gasteiger partial charge in [-0.15, -0.1) is 21.5 Å². The molecule has 0 bridgehead atoms. The SMILES string of the molecule is COCCN(CC(=O)c1c[nH]c2ccccc12)Cc1nnc(-c2cccs2)o1. The molecule has 0 saturated heterocycles. The highest BCUT2D eigenvalue weighted by Crippen LogP contribution is 2.23. The second-order valence-electron chi connectivity index (χ2n) is 6.35. The van der Waals surface area contributed by atoms with Crippen LogP contribution < -0.4 is 0 Å². The first-order chi connectivity index (χ1) is 13.7. The molecular formula is C20H20N4O3S. The number of fused-ring (bicyclic) bond motifs is 1. The first-order valence-corrected chi connectivity index (χ1v) is 9.79. The number of ketones is 1. The third-order valence-corrected chi connectivity index (χ3v) is 5.28. The van der Waals surface area contributed by atoms with Crippen LogP contribution in [0.4, 0.5) is 0 Å². The number of thiophene rings is 1. The molecule has 8 heteroatoms. The minimum atomic E-state index is 0.0338. The molecule has 144 valence electrons. The van der Waals surface area contributed by atoms with Crippen LogP contribution in [-0.2, 0) is 11.3 Å². The Balaban J connectivity index is 1.49. The van der Waals surface area contributed by atoms with E-state index in [-0.39, 0.29) is 12.3 Å². The lowest BCUT2D eigenvalue weighted by Gasteiger charge is -2.19. The lowest BCUT2D eigenvalue weighted by molar-refractivity contribution is 0.0877. The van der Waals surface area contributed by atoms with E-state index in [9.17, 15) is 4.79 Å². The van der Waals surface area contributed by atoms with Gasteiger partial charge in [-0.3, -0.25) is 9.69 Å². The number of nitrogens with zero attached hydrogens (tertiary/aromatic N) is 3. The van der Waals surface area contributed by atoms with Crippen LogP contribution in [0.1, 0.15) is 16.2 Å². The molecule has 0 aliphatic heterocycles. The fourth-order valence-corrected chi connectivity index (χ4v) is 3.68. The van der Waals surface area contributed by atoms with E-state index in [4.69, 9.17) is 9.15 Å². The Bertz CT molecular complexity index is 1050. The van der Waals surface area contributed by atoms with E-state index in [1.807, 2.05) is 46.7 Å². The molecule has 1 N–H and O–H groups in total. The van der Waals surface area contributed by atoms with Crippen molar-refractivity contribution >= 4 is 28.0 Å². The summed E-state index contributed by atoms with van der Waals surface area (Å²) in [5.41, 5.74) is 1.63. The number of carbonyl (C=O) groups is 1. The van der Waals surface area contributed by atoms with Crippen molar-refractivity contribution < 1.29 is 13.9 Å². The number of rotatable bonds is 9. The number of Topliss-reactive ketones (excluding diaryl/α,β-unsaturated/α-hetero) is 1. The van der Waals surface area contributed by atoms with Crippen LogP contribution in [0, 0.1) is 0 Å². The summed E-state index contributed by atoms with van der Waals surface area (Å²) in [4.78, 5) is 18.9. The maximum atomic E-state index is 12.9. The number of carbonyl (C=O) groups excluding carboxylic acids is 1. The lowest BCUT2D eigenvalue weighted by Crippen LogP contribution is -2.32. The molecule has 0 spiro atoms. The van der Waals surface area contributed by atoms with E-state index in [0.29, 0.717) is 37.0 Å². The van der Waals surface area contributed by atoms with Crippen LogP contribution in [0.25, 0.3) is 21.7 Å². The van der Waals surface area contributed by atoms with E-state index in [1.54, 1.807) is 24.6 Å². The lowest BCUT2D eigenvalue weighted by atomic mass is 10.1. The Morgan fingerprint density at radius 1 is 1.25 bits per heavy atom. The Labute approximate surface area is 166 Å². The molecule has 0 atom stereocenters. The molecule has 0 radical (unpaired) electrons. The van der Waals surface area contributed by atoms with Crippen LogP contribution in [0.15, 0.2) is 52.4 Å². The third kappa shape index (κ3) is 4.04. The number of H-pyrrole nitrogens is 1. The second-order valence-corrected chi connectivity index (χ2v) is 7.30. The predicted octanol–water partition coefficient (Wildman–Crippen LogP) is 3.61. The second kappa shape index (κ2) is 8.47. The summed E-state index contributed by atoms with van der Waals surface area (Å²) in [5.74, 6) is 1.01. The minimum Gasteiger partial charge on any atom is -0.419 e. The molecule has 4 aromatic rings. The summed E-state index contributed by atoms with van der Waals surface area (Å²) >= 11 is 1.54. The van der Waals surface area contributed by atoms with Gasteiger partial charge in [0.1, 0.15) is 0 Å². The van der Waals surface area contributed by atoms with Crippen molar-refractivity contribution in [3.05, 3.63) is 59.4 Å². The largest absolute Gasteiger partial charge is 0.419 e. The van der Waals surface area contributed by atoms with Gasteiger partial charge in [0.25, 0.3) is 5.89 Å². The van der Waals surface area contributed by atoms with Gasteiger partial charge in [-0.05, 0) is 17.5 Å². The zero-order chi connectivity index (χ0) is 19.3. The summed E-state index contributed by atoms with van der Waals surface area (Å²) in [5, 5.41) is 11.1. The van der Waals surface area contributed by atoms with Crippen molar-refractivity contribution in [2.75, 3.05) is 26.8 Å². The number of aromatic nitrogens is 3. The van der Waals surface area contributed by atoms with Gasteiger partial charge in [-0.2, -0.15) is 0 Å². The highest BCUT2D eigenvalue weighted by Gasteiger charge is 2.19. The number of aromatic amines is 1. The van der Waals surface area contributed by atoms with Gasteiger partial charge in [0.05, 0.1) is 24.6 Å². The number of methoxy groups -OCH3 is 1. The normalized spacial score (nSPS) is 11.5. The molecule has 3 heterocycles. The summed E-state index contributed by atoms with van der Waals surface area (Å²) in [7, 11) is 1.64. The monoisotopic (exact) mass is 396 g/mol. The number of nitrogens with one attached hydrogen (secondary N) is 1. The van der Waals surface area contributed by atoms with Gasteiger partial charge in [0, 0.05) is 36.3 Å². The minimum absolute atomic E-state index is 0.0338. The number of hydrogen-bond donors (Lipinski definition) is 1. The first kappa shape index (κ1) is 18.5. The molecule has 4 rings (SSSR count). The van der Waals surface area contributed by atoms with E-state index < -0.39 is 0 Å². The Kier molecular flexibility index (Phi) is 5.61. The number of benzene rings is 1. The van der Waals surface area contributed by atoms with E-state index >= 15 is 0 Å². The molecule has 3 aromatic heterocycles. The average Bonchev–Trinajstić information content (AvgIpc) is 3.45. The number of para-hydroxylation sites is 1. The molecule has 0 amide bonds. The van der Waals surface area contributed by atoms with Crippen molar-refractivity contribution in [1.82, 2.24) is 20.1 Å². The molecule has 0 aliphatic carbocycles. The highest BCUT2D eigenvalue weighted by molar-refractivity contribution is 7.13. The number of ether oxygens (including phenoxy) is 1. The quantitative estimate of drug-likeness (QED) is 0.435. The zero-order valence-corrected chi connectivity index (χ0v) is 16.2. The van der Waals surface area contributed by atoms with Gasteiger partial charge < -0.3 is 14.1 Å². The van der Waals surface area contributed by atoms with E-state index in [0.717, 1.165) is 15.8 Å².